The van der Waals surface area contributed by atoms with Crippen LogP contribution in [0.5, 0.6) is 11.5 Å². The Kier molecular flexibility index (Phi) is 6.61. The van der Waals surface area contributed by atoms with Gasteiger partial charge in [0.1, 0.15) is 5.82 Å². The van der Waals surface area contributed by atoms with Crippen LogP contribution < -0.4 is 4.74 Å². The predicted molar refractivity (Wildman–Crippen MR) is 134 cm³/mol. The molecule has 0 unspecified atom stereocenters. The van der Waals surface area contributed by atoms with E-state index in [9.17, 15) is 13.2 Å². The summed E-state index contributed by atoms with van der Waals surface area (Å²) in [7, 11) is 0. The second-order valence-corrected chi connectivity index (χ2v) is 8.68. The minimum Gasteiger partial charge on any atom is -0.509 e. The summed E-state index contributed by atoms with van der Waals surface area (Å²) < 4.78 is 49.9. The molecular weight excluding hydrogens is 672 g/mol. The average molecular weight is 692 g/mol. The van der Waals surface area contributed by atoms with Crippen molar-refractivity contribution in [3.63, 3.8) is 0 Å². The summed E-state index contributed by atoms with van der Waals surface area (Å²) in [6.45, 7) is 3.89. The molecule has 0 radical (unpaired) electrons. The number of nitrogens with zero attached hydrogens (tertiary/aromatic N) is 4. The molecule has 3 aromatic carbocycles. The maximum atomic E-state index is 13.5. The van der Waals surface area contributed by atoms with Gasteiger partial charge in [0.25, 0.3) is 0 Å². The Morgan fingerprint density at radius 2 is 1.63 bits per heavy atom. The third-order valence-electron chi connectivity index (χ3n) is 6.07. The van der Waals surface area contributed by atoms with Gasteiger partial charge in [-0.15, -0.1) is 35.7 Å². The Morgan fingerprint density at radius 1 is 0.842 bits per heavy atom. The van der Waals surface area contributed by atoms with Crippen molar-refractivity contribution >= 4 is 21.8 Å². The van der Waals surface area contributed by atoms with Gasteiger partial charge in [-0.25, -0.2) is 4.98 Å². The number of hydrogen-bond acceptors (Lipinski definition) is 3. The fraction of sp³-hybridized carbons (Fsp3) is 0.103. The van der Waals surface area contributed by atoms with E-state index in [2.05, 4.69) is 22.2 Å². The van der Waals surface area contributed by atoms with Crippen molar-refractivity contribution in [2.75, 3.05) is 0 Å². The molecule has 0 aliphatic rings. The summed E-state index contributed by atoms with van der Waals surface area (Å²) in [4.78, 5) is 4.25. The monoisotopic (exact) mass is 691 g/mol. The van der Waals surface area contributed by atoms with E-state index in [1.165, 1.54) is 6.20 Å². The molecule has 5 nitrogen and oxygen atoms in total. The molecule has 0 saturated heterocycles. The largest absolute Gasteiger partial charge is 2.00 e. The van der Waals surface area contributed by atoms with Crippen LogP contribution in [0.1, 0.15) is 17.0 Å². The number of halogens is 3. The molecule has 9 heteroatoms. The maximum Gasteiger partial charge on any atom is 2.00 e. The summed E-state index contributed by atoms with van der Waals surface area (Å²) in [5.74, 6) is 0.998. The van der Waals surface area contributed by atoms with Crippen LogP contribution in [0.25, 0.3) is 33.3 Å². The molecule has 6 aromatic rings. The third kappa shape index (κ3) is 4.61. The molecule has 0 aliphatic carbocycles. The van der Waals surface area contributed by atoms with Gasteiger partial charge in [-0.05, 0) is 49.2 Å². The van der Waals surface area contributed by atoms with Crippen LogP contribution in [0.4, 0.5) is 13.2 Å². The molecule has 0 aliphatic heterocycles. The normalized spacial score (nSPS) is 11.6. The van der Waals surface area contributed by atoms with Gasteiger partial charge in [-0.1, -0.05) is 23.7 Å². The van der Waals surface area contributed by atoms with Crippen molar-refractivity contribution in [2.24, 2.45) is 0 Å². The first-order valence-electron chi connectivity index (χ1n) is 11.5. The van der Waals surface area contributed by atoms with Crippen LogP contribution in [0.2, 0.25) is 0 Å². The van der Waals surface area contributed by atoms with Crippen LogP contribution in [0.15, 0.2) is 79.0 Å². The predicted octanol–water partition coefficient (Wildman–Crippen LogP) is 7.39. The first kappa shape index (κ1) is 25.7. The Bertz CT molecular complexity index is 1790. The minimum atomic E-state index is -4.49. The van der Waals surface area contributed by atoms with Gasteiger partial charge >= 0.3 is 27.2 Å². The van der Waals surface area contributed by atoms with Crippen molar-refractivity contribution in [1.29, 1.82) is 0 Å². The van der Waals surface area contributed by atoms with Gasteiger partial charge in [0, 0.05) is 28.9 Å². The first-order chi connectivity index (χ1) is 17.8. The van der Waals surface area contributed by atoms with Crippen molar-refractivity contribution in [1.82, 2.24) is 19.3 Å². The molecule has 0 atom stereocenters. The molecule has 38 heavy (non-hydrogen) atoms. The number of rotatable bonds is 4. The Hall–Kier alpha value is -3.90. The van der Waals surface area contributed by atoms with Crippen molar-refractivity contribution in [3.8, 4) is 23.0 Å². The van der Waals surface area contributed by atoms with E-state index in [0.717, 1.165) is 45.5 Å². The van der Waals surface area contributed by atoms with Crippen molar-refractivity contribution in [3.05, 3.63) is 108 Å². The Labute approximate surface area is 230 Å². The van der Waals surface area contributed by atoms with E-state index < -0.39 is 11.7 Å². The molecule has 0 fully saturated rings. The molecule has 0 bridgehead atoms. The van der Waals surface area contributed by atoms with Gasteiger partial charge in [-0.3, -0.25) is 4.68 Å². The third-order valence-corrected chi connectivity index (χ3v) is 6.07. The number of aromatic nitrogens is 4. The number of pyridine rings is 1. The molecule has 0 N–H and O–H groups in total. The van der Waals surface area contributed by atoms with Crippen LogP contribution in [0.3, 0.4) is 0 Å². The fourth-order valence-corrected chi connectivity index (χ4v) is 4.50. The molecule has 0 saturated carbocycles. The van der Waals surface area contributed by atoms with E-state index in [1.807, 2.05) is 62.4 Å². The summed E-state index contributed by atoms with van der Waals surface area (Å²) in [6, 6.07) is 27.1. The zero-order valence-electron chi connectivity index (χ0n) is 20.2. The number of aryl methyl sites for hydroxylation is 2. The Morgan fingerprint density at radius 3 is 2.39 bits per heavy atom. The van der Waals surface area contributed by atoms with E-state index in [-0.39, 0.29) is 26.9 Å². The van der Waals surface area contributed by atoms with E-state index in [1.54, 1.807) is 21.4 Å². The van der Waals surface area contributed by atoms with Crippen molar-refractivity contribution in [2.45, 2.75) is 20.0 Å². The number of hydrogen-bond donors (Lipinski definition) is 0. The van der Waals surface area contributed by atoms with Crippen LogP contribution in [-0.4, -0.2) is 19.3 Å². The van der Waals surface area contributed by atoms with Crippen LogP contribution >= 0.6 is 0 Å². The van der Waals surface area contributed by atoms with E-state index >= 15 is 0 Å². The number of benzene rings is 3. The number of fused-ring (bicyclic) bond motifs is 3. The quantitative estimate of drug-likeness (QED) is 0.181. The van der Waals surface area contributed by atoms with E-state index in [4.69, 9.17) is 4.74 Å². The Balaban J connectivity index is 0.00000294. The van der Waals surface area contributed by atoms with Gasteiger partial charge in [0.15, 0.2) is 0 Å². The summed E-state index contributed by atoms with van der Waals surface area (Å²) in [6.07, 6.45) is -3.32. The molecular formula is C29H19F3N4OPt. The molecule has 3 heterocycles. The second-order valence-electron chi connectivity index (χ2n) is 8.68. The smallest absolute Gasteiger partial charge is 0.509 e. The fourth-order valence-electron chi connectivity index (χ4n) is 4.50. The summed E-state index contributed by atoms with van der Waals surface area (Å²) in [5, 5.41) is 6.19. The molecule has 3 aromatic heterocycles. The number of ether oxygens (including phenoxy) is 1. The second kappa shape index (κ2) is 9.76. The van der Waals surface area contributed by atoms with Crippen molar-refractivity contribution < 1.29 is 39.0 Å². The summed E-state index contributed by atoms with van der Waals surface area (Å²) in [5.41, 5.74) is 3.10. The van der Waals surface area contributed by atoms with Crippen LogP contribution in [0, 0.1) is 26.0 Å². The molecule has 192 valence electrons. The molecule has 6 rings (SSSR count). The number of para-hydroxylation sites is 1. The van der Waals surface area contributed by atoms with Crippen LogP contribution in [-0.2, 0) is 27.2 Å². The maximum absolute atomic E-state index is 13.5. The summed E-state index contributed by atoms with van der Waals surface area (Å²) >= 11 is 0. The van der Waals surface area contributed by atoms with E-state index in [0.29, 0.717) is 17.0 Å². The molecule has 0 spiro atoms. The zero-order chi connectivity index (χ0) is 25.7. The standard InChI is InChI=1S/C29H19F3N4O.Pt/c1-18-14-19(2)36(34-18)21-6-5-7-22(16-21)37-23-10-11-25-24-8-3-4-9-26(24)35(27(25)17-23)28-15-20(12-13-33-28)29(30,31)32;/h3-15H,1-2H3;/q-2;+2. The topological polar surface area (TPSA) is 44.9 Å². The number of alkyl halides is 3. The first-order valence-corrected chi connectivity index (χ1v) is 11.5. The van der Waals surface area contributed by atoms with Gasteiger partial charge in [-0.2, -0.15) is 30.4 Å². The SMILES string of the molecule is Cc1cc(C)n(-c2[c-]c(Oc3[c-]c4c(cc3)c3ccccc3n4-c3cc(C(F)(F)F)ccn3)ccc2)n1.[Pt+2]. The van der Waals surface area contributed by atoms with Gasteiger partial charge in [0.05, 0.1) is 11.3 Å². The van der Waals surface area contributed by atoms with Gasteiger partial charge in [0.2, 0.25) is 0 Å². The minimum absolute atomic E-state index is 0. The average Bonchev–Trinajstić information content (AvgIpc) is 3.39. The molecule has 0 amide bonds. The van der Waals surface area contributed by atoms with Gasteiger partial charge < -0.3 is 9.30 Å². The zero-order valence-corrected chi connectivity index (χ0v) is 22.4.